The van der Waals surface area contributed by atoms with Gasteiger partial charge in [0.1, 0.15) is 18.1 Å². The van der Waals surface area contributed by atoms with E-state index in [9.17, 15) is 4.79 Å². The minimum atomic E-state index is -0.334. The second-order valence-corrected chi connectivity index (χ2v) is 7.19. The zero-order chi connectivity index (χ0) is 19.6. The molecule has 0 spiro atoms. The topological polar surface area (TPSA) is 76.4 Å². The quantitative estimate of drug-likeness (QED) is 0.641. The molecule has 2 heterocycles. The summed E-state index contributed by atoms with van der Waals surface area (Å²) in [6.07, 6.45) is 0. The van der Waals surface area contributed by atoms with E-state index >= 15 is 0 Å². The minimum absolute atomic E-state index is 0.151. The normalized spacial score (nSPS) is 12.8. The molecule has 0 saturated heterocycles. The van der Waals surface area contributed by atoms with Crippen LogP contribution in [0.3, 0.4) is 0 Å². The van der Waals surface area contributed by atoms with Crippen molar-refractivity contribution in [2.24, 2.45) is 5.73 Å². The lowest BCUT2D eigenvalue weighted by atomic mass is 10.1. The monoisotopic (exact) mass is 368 g/mol. The Kier molecular flexibility index (Phi) is 5.68. The molecule has 0 aliphatic carbocycles. The number of rotatable bonds is 8. The summed E-state index contributed by atoms with van der Waals surface area (Å²) in [5.74, 6) is 1.54. The fourth-order valence-electron chi connectivity index (χ4n) is 3.59. The maximum atomic E-state index is 11.5. The average Bonchev–Trinajstić information content (AvgIpc) is 3.14. The fourth-order valence-corrected chi connectivity index (χ4v) is 3.59. The molecule has 0 bridgehead atoms. The molecular formula is C21H28N4O2. The number of nitrogens with two attached hydrogens (primary N) is 1. The van der Waals surface area contributed by atoms with Crippen molar-refractivity contribution in [3.63, 3.8) is 0 Å². The van der Waals surface area contributed by atoms with Crippen LogP contribution in [0.5, 0.6) is 0 Å². The van der Waals surface area contributed by atoms with E-state index < -0.39 is 0 Å². The molecule has 0 saturated carbocycles. The maximum Gasteiger partial charge on any atom is 0.237 e. The van der Waals surface area contributed by atoms with E-state index in [-0.39, 0.29) is 18.5 Å². The van der Waals surface area contributed by atoms with E-state index in [4.69, 9.17) is 10.2 Å². The first kappa shape index (κ1) is 19.2. The van der Waals surface area contributed by atoms with Crippen molar-refractivity contribution in [2.45, 2.75) is 33.0 Å². The van der Waals surface area contributed by atoms with E-state index in [2.05, 4.69) is 16.3 Å². The summed E-state index contributed by atoms with van der Waals surface area (Å²) in [4.78, 5) is 13.6. The third-order valence-electron chi connectivity index (χ3n) is 5.03. The van der Waals surface area contributed by atoms with Gasteiger partial charge in [0, 0.05) is 29.7 Å². The third-order valence-corrected chi connectivity index (χ3v) is 5.03. The number of fused-ring (bicyclic) bond motifs is 1. The maximum absolute atomic E-state index is 11.5. The first-order valence-electron chi connectivity index (χ1n) is 9.17. The van der Waals surface area contributed by atoms with E-state index in [0.717, 1.165) is 34.7 Å². The van der Waals surface area contributed by atoms with Gasteiger partial charge in [-0.05, 0) is 51.7 Å². The molecule has 6 heteroatoms. The lowest BCUT2D eigenvalue weighted by Crippen LogP contribution is -2.30. The molecule has 0 aliphatic rings. The van der Waals surface area contributed by atoms with Gasteiger partial charge in [0.25, 0.3) is 0 Å². The van der Waals surface area contributed by atoms with Crippen molar-refractivity contribution in [3.05, 3.63) is 59.2 Å². The minimum Gasteiger partial charge on any atom is -0.465 e. The summed E-state index contributed by atoms with van der Waals surface area (Å²) in [5.41, 5.74) is 8.74. The number of nitrogens with zero attached hydrogens (tertiary/aromatic N) is 2. The number of carbonyl (C=O) groups excluding carboxylic acids is 1. The largest absolute Gasteiger partial charge is 0.465 e. The fraction of sp³-hybridized carbons (Fsp3) is 0.381. The highest BCUT2D eigenvalue weighted by Crippen LogP contribution is 2.26. The van der Waals surface area contributed by atoms with Crippen molar-refractivity contribution < 1.29 is 9.21 Å². The van der Waals surface area contributed by atoms with Gasteiger partial charge < -0.3 is 20.0 Å². The van der Waals surface area contributed by atoms with Gasteiger partial charge >= 0.3 is 0 Å². The highest BCUT2D eigenvalue weighted by molar-refractivity contribution is 5.87. The standard InChI is InChI=1S/C21H28N4O2/c1-14-9-10-20(27-14)19(24(3)4)12-23-11-17-15(2)25(13-21(22)26)18-8-6-5-7-16(17)18/h5-10,19,23H,11-13H2,1-4H3,(H2,22,26). The summed E-state index contributed by atoms with van der Waals surface area (Å²) >= 11 is 0. The third kappa shape index (κ3) is 4.07. The molecule has 3 N–H and O–H groups in total. The Morgan fingerprint density at radius 3 is 2.59 bits per heavy atom. The van der Waals surface area contributed by atoms with Crippen LogP contribution in [-0.2, 0) is 17.9 Å². The van der Waals surface area contributed by atoms with Crippen molar-refractivity contribution in [2.75, 3.05) is 20.6 Å². The van der Waals surface area contributed by atoms with Crippen LogP contribution in [-0.4, -0.2) is 36.0 Å². The SMILES string of the molecule is Cc1ccc(C(CNCc2c(C)n(CC(N)=O)c3ccccc23)N(C)C)o1. The number of nitrogens with one attached hydrogen (secondary N) is 1. The highest BCUT2D eigenvalue weighted by atomic mass is 16.3. The Balaban J connectivity index is 1.80. The Morgan fingerprint density at radius 2 is 1.96 bits per heavy atom. The van der Waals surface area contributed by atoms with Crippen molar-refractivity contribution >= 4 is 16.8 Å². The predicted molar refractivity (Wildman–Crippen MR) is 107 cm³/mol. The van der Waals surface area contributed by atoms with Gasteiger partial charge in [-0.2, -0.15) is 0 Å². The molecule has 0 fully saturated rings. The van der Waals surface area contributed by atoms with Crippen LogP contribution < -0.4 is 11.1 Å². The molecule has 6 nitrogen and oxygen atoms in total. The van der Waals surface area contributed by atoms with Crippen LogP contribution >= 0.6 is 0 Å². The van der Waals surface area contributed by atoms with Gasteiger partial charge in [-0.1, -0.05) is 18.2 Å². The van der Waals surface area contributed by atoms with Crippen LogP contribution in [0.25, 0.3) is 10.9 Å². The predicted octanol–water partition coefficient (Wildman–Crippen LogP) is 2.73. The summed E-state index contributed by atoms with van der Waals surface area (Å²) < 4.78 is 7.81. The Hall–Kier alpha value is -2.57. The van der Waals surface area contributed by atoms with E-state index in [1.807, 2.05) is 62.8 Å². The number of para-hydroxylation sites is 1. The molecule has 1 aromatic carbocycles. The number of carbonyl (C=O) groups is 1. The second kappa shape index (κ2) is 7.98. The summed E-state index contributed by atoms with van der Waals surface area (Å²) in [5, 5.41) is 4.71. The van der Waals surface area contributed by atoms with Crippen molar-refractivity contribution in [3.8, 4) is 0 Å². The first-order valence-corrected chi connectivity index (χ1v) is 9.17. The number of hydrogen-bond acceptors (Lipinski definition) is 4. The lowest BCUT2D eigenvalue weighted by Gasteiger charge is -2.23. The van der Waals surface area contributed by atoms with Gasteiger partial charge in [0.2, 0.25) is 5.91 Å². The van der Waals surface area contributed by atoms with Crippen molar-refractivity contribution in [1.29, 1.82) is 0 Å². The first-order chi connectivity index (χ1) is 12.9. The zero-order valence-electron chi connectivity index (χ0n) is 16.5. The zero-order valence-corrected chi connectivity index (χ0v) is 16.5. The van der Waals surface area contributed by atoms with E-state index in [0.29, 0.717) is 6.54 Å². The lowest BCUT2D eigenvalue weighted by molar-refractivity contribution is -0.118. The van der Waals surface area contributed by atoms with Gasteiger partial charge in [0.15, 0.2) is 0 Å². The summed E-state index contributed by atoms with van der Waals surface area (Å²) in [6, 6.07) is 12.3. The van der Waals surface area contributed by atoms with Gasteiger partial charge in [-0.25, -0.2) is 0 Å². The molecule has 1 unspecified atom stereocenters. The van der Waals surface area contributed by atoms with E-state index in [1.165, 1.54) is 5.56 Å². The Labute approximate surface area is 159 Å². The number of hydrogen-bond donors (Lipinski definition) is 2. The van der Waals surface area contributed by atoms with Gasteiger partial charge in [-0.3, -0.25) is 9.69 Å². The second-order valence-electron chi connectivity index (χ2n) is 7.19. The molecule has 1 atom stereocenters. The molecule has 1 amide bonds. The number of likely N-dealkylation sites (N-methyl/N-ethyl adjacent to an activating group) is 1. The van der Waals surface area contributed by atoms with Gasteiger partial charge in [-0.15, -0.1) is 0 Å². The molecule has 3 aromatic rings. The number of furan rings is 1. The average molecular weight is 368 g/mol. The Bertz CT molecular complexity index is 939. The van der Waals surface area contributed by atoms with Crippen molar-refractivity contribution in [1.82, 2.24) is 14.8 Å². The van der Waals surface area contributed by atoms with Crippen LogP contribution in [0.1, 0.15) is 28.8 Å². The molecule has 0 aliphatic heterocycles. The molecule has 3 rings (SSSR count). The summed E-state index contributed by atoms with van der Waals surface area (Å²) in [6.45, 7) is 5.66. The molecule has 27 heavy (non-hydrogen) atoms. The van der Waals surface area contributed by atoms with Gasteiger partial charge in [0.05, 0.1) is 6.04 Å². The molecular weight excluding hydrogens is 340 g/mol. The smallest absolute Gasteiger partial charge is 0.237 e. The number of benzene rings is 1. The number of primary amides is 1. The van der Waals surface area contributed by atoms with Crippen LogP contribution in [0.4, 0.5) is 0 Å². The Morgan fingerprint density at radius 1 is 1.22 bits per heavy atom. The number of amides is 1. The summed E-state index contributed by atoms with van der Waals surface area (Å²) in [7, 11) is 4.10. The molecule has 2 aromatic heterocycles. The number of aryl methyl sites for hydroxylation is 1. The van der Waals surface area contributed by atoms with Crippen LogP contribution in [0.2, 0.25) is 0 Å². The molecule has 144 valence electrons. The highest BCUT2D eigenvalue weighted by Gasteiger charge is 2.19. The molecule has 0 radical (unpaired) electrons. The van der Waals surface area contributed by atoms with Crippen LogP contribution in [0, 0.1) is 13.8 Å². The van der Waals surface area contributed by atoms with Crippen LogP contribution in [0.15, 0.2) is 40.8 Å². The van der Waals surface area contributed by atoms with E-state index in [1.54, 1.807) is 0 Å². The number of aromatic nitrogens is 1.